The van der Waals surface area contributed by atoms with E-state index in [1.807, 2.05) is 26.8 Å². The van der Waals surface area contributed by atoms with E-state index in [2.05, 4.69) is 22.7 Å². The van der Waals surface area contributed by atoms with Gasteiger partial charge in [0.25, 0.3) is 0 Å². The molecule has 0 aromatic carbocycles. The van der Waals surface area contributed by atoms with Crippen molar-refractivity contribution in [3.8, 4) is 0 Å². The minimum absolute atomic E-state index is 0.187. The second-order valence-corrected chi connectivity index (χ2v) is 2.89. The van der Waals surface area contributed by atoms with Crippen molar-refractivity contribution in [2.24, 2.45) is 10.8 Å². The summed E-state index contributed by atoms with van der Waals surface area (Å²) in [5.41, 5.74) is 9.72. The third-order valence-electron chi connectivity index (χ3n) is 0.840. The van der Waals surface area contributed by atoms with Gasteiger partial charge >= 0.3 is 0 Å². The van der Waals surface area contributed by atoms with Gasteiger partial charge in [-0.1, -0.05) is 5.57 Å². The van der Waals surface area contributed by atoms with Crippen LogP contribution in [-0.4, -0.2) is 10.8 Å². The van der Waals surface area contributed by atoms with Crippen molar-refractivity contribution < 1.29 is 0 Å². The molecular formula is C7H13N3S. The van der Waals surface area contributed by atoms with Crippen molar-refractivity contribution >= 4 is 23.0 Å². The molecule has 0 heterocycles. The summed E-state index contributed by atoms with van der Waals surface area (Å²) in [5, 5.41) is 4.07. The molecule has 0 aliphatic carbocycles. The highest BCUT2D eigenvalue weighted by Gasteiger charge is 1.85. The summed E-state index contributed by atoms with van der Waals surface area (Å²) >= 11 is 4.57. The standard InChI is InChI=1S/C7H13N3S/c1-5(2)4-6(3)9-10-7(8)11/h4H,1-3H3,(H3,8,10,11). The molecule has 0 amide bonds. The monoisotopic (exact) mass is 171 g/mol. The number of nitrogens with two attached hydrogens (primary N) is 1. The van der Waals surface area contributed by atoms with Crippen LogP contribution in [0, 0.1) is 0 Å². The third kappa shape index (κ3) is 6.99. The van der Waals surface area contributed by atoms with Crippen molar-refractivity contribution in [3.05, 3.63) is 11.6 Å². The van der Waals surface area contributed by atoms with Crippen LogP contribution in [0.5, 0.6) is 0 Å². The number of hydrogen-bond donors (Lipinski definition) is 2. The highest BCUT2D eigenvalue weighted by molar-refractivity contribution is 7.80. The Kier molecular flexibility index (Phi) is 4.45. The fourth-order valence-corrected chi connectivity index (χ4v) is 0.639. The number of hydrazone groups is 1. The van der Waals surface area contributed by atoms with Gasteiger partial charge in [-0.25, -0.2) is 0 Å². The summed E-state index contributed by atoms with van der Waals surface area (Å²) in [7, 11) is 0. The van der Waals surface area contributed by atoms with Crippen LogP contribution in [0.2, 0.25) is 0 Å². The Morgan fingerprint density at radius 1 is 1.45 bits per heavy atom. The number of thiocarbonyl (C=S) groups is 1. The molecule has 0 saturated carbocycles. The van der Waals surface area contributed by atoms with Crippen LogP contribution in [0.25, 0.3) is 0 Å². The molecular weight excluding hydrogens is 158 g/mol. The van der Waals surface area contributed by atoms with E-state index in [9.17, 15) is 0 Å². The highest BCUT2D eigenvalue weighted by Crippen LogP contribution is 1.89. The summed E-state index contributed by atoms with van der Waals surface area (Å²) in [6.45, 7) is 5.87. The first-order valence-corrected chi connectivity index (χ1v) is 3.68. The van der Waals surface area contributed by atoms with Gasteiger partial charge in [-0.15, -0.1) is 0 Å². The highest BCUT2D eigenvalue weighted by atomic mass is 32.1. The molecule has 0 bridgehead atoms. The quantitative estimate of drug-likeness (QED) is 0.372. The van der Waals surface area contributed by atoms with E-state index in [4.69, 9.17) is 5.73 Å². The van der Waals surface area contributed by atoms with Gasteiger partial charge in [-0.2, -0.15) is 5.10 Å². The van der Waals surface area contributed by atoms with Gasteiger partial charge in [0.1, 0.15) is 0 Å². The Balaban J connectivity index is 4.02. The average molecular weight is 171 g/mol. The molecule has 0 aromatic rings. The van der Waals surface area contributed by atoms with E-state index in [0.717, 1.165) is 5.71 Å². The molecule has 0 aliphatic rings. The number of nitrogens with one attached hydrogen (secondary N) is 1. The maximum absolute atomic E-state index is 5.16. The lowest BCUT2D eigenvalue weighted by atomic mass is 10.3. The summed E-state index contributed by atoms with van der Waals surface area (Å²) in [6.07, 6.45) is 1.94. The fourth-order valence-electron chi connectivity index (χ4n) is 0.593. The number of allylic oxidation sites excluding steroid dienone is 2. The molecule has 0 atom stereocenters. The predicted octanol–water partition coefficient (Wildman–Crippen LogP) is 1.16. The molecule has 11 heavy (non-hydrogen) atoms. The van der Waals surface area contributed by atoms with E-state index < -0.39 is 0 Å². The molecule has 0 aromatic heterocycles. The largest absolute Gasteiger partial charge is 0.375 e. The van der Waals surface area contributed by atoms with Crippen LogP contribution in [0.1, 0.15) is 20.8 Å². The smallest absolute Gasteiger partial charge is 0.184 e. The zero-order valence-corrected chi connectivity index (χ0v) is 7.83. The van der Waals surface area contributed by atoms with E-state index in [-0.39, 0.29) is 5.11 Å². The first-order valence-electron chi connectivity index (χ1n) is 3.27. The lowest BCUT2D eigenvalue weighted by Crippen LogP contribution is -2.24. The zero-order valence-electron chi connectivity index (χ0n) is 7.01. The molecule has 0 radical (unpaired) electrons. The van der Waals surface area contributed by atoms with Crippen LogP contribution in [0.3, 0.4) is 0 Å². The van der Waals surface area contributed by atoms with Crippen molar-refractivity contribution in [2.45, 2.75) is 20.8 Å². The first kappa shape index (κ1) is 10.1. The topological polar surface area (TPSA) is 50.4 Å². The Labute approximate surface area is 72.4 Å². The van der Waals surface area contributed by atoms with Crippen LogP contribution >= 0.6 is 12.2 Å². The van der Waals surface area contributed by atoms with Gasteiger partial charge in [0.2, 0.25) is 0 Å². The van der Waals surface area contributed by atoms with E-state index in [1.165, 1.54) is 5.57 Å². The maximum Gasteiger partial charge on any atom is 0.184 e. The second-order valence-electron chi connectivity index (χ2n) is 2.45. The first-order chi connectivity index (χ1) is 5.02. The summed E-state index contributed by atoms with van der Waals surface area (Å²) in [5.74, 6) is 0. The predicted molar refractivity (Wildman–Crippen MR) is 52.5 cm³/mol. The molecule has 0 fully saturated rings. The molecule has 0 rings (SSSR count). The molecule has 3 N–H and O–H groups in total. The maximum atomic E-state index is 5.16. The zero-order chi connectivity index (χ0) is 8.85. The minimum Gasteiger partial charge on any atom is -0.375 e. The Morgan fingerprint density at radius 3 is 2.36 bits per heavy atom. The van der Waals surface area contributed by atoms with Gasteiger partial charge in [0.15, 0.2) is 5.11 Å². The van der Waals surface area contributed by atoms with Crippen LogP contribution in [0.4, 0.5) is 0 Å². The molecule has 0 unspecified atom stereocenters. The van der Waals surface area contributed by atoms with E-state index in [1.54, 1.807) is 0 Å². The number of hydrogen-bond acceptors (Lipinski definition) is 2. The Hall–Kier alpha value is -0.900. The lowest BCUT2D eigenvalue weighted by molar-refractivity contribution is 1.03. The van der Waals surface area contributed by atoms with Gasteiger partial charge in [-0.3, -0.25) is 5.43 Å². The lowest BCUT2D eigenvalue weighted by Gasteiger charge is -1.96. The SMILES string of the molecule is CC(C)=CC(C)=NNC(N)=S. The van der Waals surface area contributed by atoms with Crippen molar-refractivity contribution in [1.29, 1.82) is 0 Å². The summed E-state index contributed by atoms with van der Waals surface area (Å²) < 4.78 is 0. The second kappa shape index (κ2) is 4.85. The molecule has 4 heteroatoms. The third-order valence-corrected chi connectivity index (χ3v) is 0.931. The van der Waals surface area contributed by atoms with Crippen molar-refractivity contribution in [2.75, 3.05) is 0 Å². The minimum atomic E-state index is 0.187. The number of rotatable bonds is 2. The Bertz CT molecular complexity index is 202. The van der Waals surface area contributed by atoms with Gasteiger partial charge in [0.05, 0.1) is 5.71 Å². The molecule has 62 valence electrons. The van der Waals surface area contributed by atoms with E-state index in [0.29, 0.717) is 0 Å². The molecule has 0 saturated heterocycles. The van der Waals surface area contributed by atoms with Crippen LogP contribution in [0.15, 0.2) is 16.8 Å². The normalized spacial score (nSPS) is 10.6. The van der Waals surface area contributed by atoms with Gasteiger partial charge in [-0.05, 0) is 39.1 Å². The molecule has 3 nitrogen and oxygen atoms in total. The van der Waals surface area contributed by atoms with Crippen molar-refractivity contribution in [1.82, 2.24) is 5.43 Å². The fraction of sp³-hybridized carbons (Fsp3) is 0.429. The van der Waals surface area contributed by atoms with Crippen molar-refractivity contribution in [3.63, 3.8) is 0 Å². The average Bonchev–Trinajstić information content (AvgIpc) is 1.82. The van der Waals surface area contributed by atoms with Crippen LogP contribution in [-0.2, 0) is 0 Å². The van der Waals surface area contributed by atoms with E-state index >= 15 is 0 Å². The molecule has 0 aliphatic heterocycles. The van der Waals surface area contributed by atoms with Crippen LogP contribution < -0.4 is 11.2 Å². The van der Waals surface area contributed by atoms with Gasteiger partial charge in [0, 0.05) is 0 Å². The summed E-state index contributed by atoms with van der Waals surface area (Å²) in [4.78, 5) is 0. The summed E-state index contributed by atoms with van der Waals surface area (Å²) in [6, 6.07) is 0. The van der Waals surface area contributed by atoms with Gasteiger partial charge < -0.3 is 5.73 Å². The number of nitrogens with zero attached hydrogens (tertiary/aromatic N) is 1. The Morgan fingerprint density at radius 2 is 2.00 bits per heavy atom. The molecule has 0 spiro atoms.